The molecule has 0 spiro atoms. The number of aliphatic hydroxyl groups excluding tert-OH is 2. The van der Waals surface area contributed by atoms with E-state index >= 15 is 0 Å². The summed E-state index contributed by atoms with van der Waals surface area (Å²) in [7, 11) is -2.11. The van der Waals surface area contributed by atoms with Crippen molar-refractivity contribution in [2.75, 3.05) is 6.35 Å². The smallest absolute Gasteiger partial charge is 0.325 e. The van der Waals surface area contributed by atoms with Crippen molar-refractivity contribution >= 4 is 14.4 Å². The lowest BCUT2D eigenvalue weighted by molar-refractivity contribution is -0.318. The summed E-state index contributed by atoms with van der Waals surface area (Å²) < 4.78 is 9.87. The van der Waals surface area contributed by atoms with Crippen LogP contribution in [-0.2, 0) is 14.3 Å². The fourth-order valence-corrected chi connectivity index (χ4v) is 2.16. The summed E-state index contributed by atoms with van der Waals surface area (Å²) in [5, 5.41) is 21.1. The summed E-state index contributed by atoms with van der Waals surface area (Å²) in [5.41, 5.74) is 6.36. The van der Waals surface area contributed by atoms with Gasteiger partial charge in [0, 0.05) is 12.6 Å². The van der Waals surface area contributed by atoms with Crippen molar-refractivity contribution in [3.8, 4) is 0 Å². The van der Waals surface area contributed by atoms with Crippen molar-refractivity contribution in [3.63, 3.8) is 0 Å². The van der Waals surface area contributed by atoms with Crippen LogP contribution in [0.15, 0.2) is 11.8 Å². The third kappa shape index (κ3) is 3.87. The van der Waals surface area contributed by atoms with Crippen LogP contribution in [0.2, 0.25) is 0 Å². The van der Waals surface area contributed by atoms with Crippen LogP contribution in [-0.4, -0.2) is 57.2 Å². The zero-order chi connectivity index (χ0) is 15.6. The molecule has 10 nitrogen and oxygen atoms in total. The van der Waals surface area contributed by atoms with E-state index in [0.717, 1.165) is 0 Å². The van der Waals surface area contributed by atoms with E-state index in [1.165, 1.54) is 11.1 Å². The highest BCUT2D eigenvalue weighted by Crippen LogP contribution is 2.33. The topological polar surface area (TPSA) is 147 Å². The average molecular weight is 323 g/mol. The Morgan fingerprint density at radius 3 is 3.05 bits per heavy atom. The summed E-state index contributed by atoms with van der Waals surface area (Å²) in [6, 6.07) is -0.501. The monoisotopic (exact) mass is 323 g/mol. The van der Waals surface area contributed by atoms with Crippen LogP contribution in [0.25, 0.3) is 0 Å². The van der Waals surface area contributed by atoms with E-state index in [-0.39, 0.29) is 6.42 Å². The normalized spacial score (nSPS) is 34.6. The number of rotatable bonds is 5. The number of ether oxygens (including phenoxy) is 1. The third-order valence-corrected chi connectivity index (χ3v) is 3.53. The van der Waals surface area contributed by atoms with Crippen LogP contribution >= 0.6 is 8.38 Å². The molecule has 3 unspecified atom stereocenters. The van der Waals surface area contributed by atoms with Gasteiger partial charge in [-0.1, -0.05) is 0 Å². The number of carbonyl (C=O) groups excluding carboxylic acids is 1. The highest BCUT2D eigenvalue weighted by Gasteiger charge is 2.42. The van der Waals surface area contributed by atoms with E-state index in [0.29, 0.717) is 5.57 Å². The van der Waals surface area contributed by atoms with Gasteiger partial charge in [0.25, 0.3) is 0 Å². The largest absolute Gasteiger partial charge is 0.388 e. The molecule has 2 heterocycles. The van der Waals surface area contributed by atoms with Crippen molar-refractivity contribution in [1.82, 2.24) is 10.2 Å². The number of nitrogens with zero attached hydrogens (tertiary/aromatic N) is 1. The lowest BCUT2D eigenvalue weighted by Gasteiger charge is -2.33. The Balaban J connectivity index is 1.96. The molecular formula is C10H18N3O7P. The van der Waals surface area contributed by atoms with Gasteiger partial charge in [0.15, 0.2) is 12.5 Å². The first kappa shape index (κ1) is 16.5. The van der Waals surface area contributed by atoms with Crippen molar-refractivity contribution in [3.05, 3.63) is 11.8 Å². The maximum Gasteiger partial charge on any atom is 0.325 e. The van der Waals surface area contributed by atoms with Crippen molar-refractivity contribution < 1.29 is 34.2 Å². The summed E-state index contributed by atoms with van der Waals surface area (Å²) in [4.78, 5) is 26.9. The molecule has 0 aromatic rings. The van der Waals surface area contributed by atoms with Crippen LogP contribution in [0.3, 0.4) is 0 Å². The van der Waals surface area contributed by atoms with E-state index < -0.39 is 45.5 Å². The minimum Gasteiger partial charge on any atom is -0.388 e. The van der Waals surface area contributed by atoms with Gasteiger partial charge in [0.05, 0.1) is 0 Å². The molecular weight excluding hydrogens is 305 g/mol. The maximum absolute atomic E-state index is 11.9. The van der Waals surface area contributed by atoms with Gasteiger partial charge in [-0.3, -0.25) is 4.90 Å². The zero-order valence-electron chi connectivity index (χ0n) is 11.2. The number of nitrogens with two attached hydrogens (primary N) is 1. The number of amides is 2. The Morgan fingerprint density at radius 1 is 1.67 bits per heavy atom. The molecule has 2 aliphatic heterocycles. The van der Waals surface area contributed by atoms with Crippen LogP contribution in [0.1, 0.15) is 13.3 Å². The van der Waals surface area contributed by atoms with E-state index in [9.17, 15) is 9.90 Å². The van der Waals surface area contributed by atoms with Crippen LogP contribution < -0.4 is 11.1 Å². The van der Waals surface area contributed by atoms with Crippen molar-refractivity contribution in [2.24, 2.45) is 5.73 Å². The molecule has 0 aliphatic carbocycles. The highest BCUT2D eigenvalue weighted by atomic mass is 31.2. The van der Waals surface area contributed by atoms with E-state index in [4.69, 9.17) is 25.4 Å². The Bertz CT molecular complexity index is 423. The van der Waals surface area contributed by atoms with Gasteiger partial charge in [0.1, 0.15) is 18.6 Å². The second kappa shape index (κ2) is 6.95. The van der Waals surface area contributed by atoms with Crippen LogP contribution in [0.5, 0.6) is 0 Å². The fraction of sp³-hybridized carbons (Fsp3) is 0.700. The van der Waals surface area contributed by atoms with Gasteiger partial charge >= 0.3 is 6.03 Å². The SMILES string of the molecule is CC1=CN([C@@H]2O[C@H](OOP(O)CO)CC2O)C(=O)NC1N. The van der Waals surface area contributed by atoms with Crippen LogP contribution in [0.4, 0.5) is 4.79 Å². The molecule has 5 atom stereocenters. The molecule has 1 saturated heterocycles. The van der Waals surface area contributed by atoms with E-state index in [2.05, 4.69) is 9.99 Å². The van der Waals surface area contributed by atoms with Gasteiger partial charge in [-0.15, -0.1) is 0 Å². The first-order valence-electron chi connectivity index (χ1n) is 6.19. The molecule has 2 rings (SSSR count). The molecule has 0 aromatic carbocycles. The number of aliphatic hydroxyl groups is 2. The van der Waals surface area contributed by atoms with Gasteiger partial charge in [-0.25, -0.2) is 4.79 Å². The molecule has 2 amide bonds. The average Bonchev–Trinajstić information content (AvgIpc) is 2.81. The third-order valence-electron chi connectivity index (χ3n) is 3.03. The minimum absolute atomic E-state index is 0.0436. The molecule has 21 heavy (non-hydrogen) atoms. The molecule has 0 bridgehead atoms. The van der Waals surface area contributed by atoms with E-state index in [1.807, 2.05) is 0 Å². The molecule has 0 saturated carbocycles. The molecule has 0 aromatic heterocycles. The highest BCUT2D eigenvalue weighted by molar-refractivity contribution is 7.45. The van der Waals surface area contributed by atoms with Crippen molar-refractivity contribution in [2.45, 2.75) is 38.1 Å². The Labute approximate surface area is 121 Å². The summed E-state index contributed by atoms with van der Waals surface area (Å²) in [5.74, 6) is 0. The first-order chi connectivity index (χ1) is 9.92. The number of carbonyl (C=O) groups is 1. The standard InChI is InChI=1S/C10H18N3O7P/c1-5-3-13(10(16)12-8(5)11)9-6(15)2-7(18-9)19-20-21(17)4-14/h3,6-9,14-15,17H,2,4,11H2,1H3,(H,12,16)/t6?,7-,8?,9-,21?/m1/s1. The van der Waals surface area contributed by atoms with E-state index in [1.54, 1.807) is 6.92 Å². The number of hydrogen-bond acceptors (Lipinski definition) is 8. The van der Waals surface area contributed by atoms with Crippen molar-refractivity contribution in [1.29, 1.82) is 0 Å². The van der Waals surface area contributed by atoms with Gasteiger partial charge in [0.2, 0.25) is 8.38 Å². The quantitative estimate of drug-likeness (QED) is 0.242. The Morgan fingerprint density at radius 2 is 2.38 bits per heavy atom. The molecule has 6 N–H and O–H groups in total. The second-order valence-corrected chi connectivity index (χ2v) is 5.77. The number of urea groups is 1. The van der Waals surface area contributed by atoms with Gasteiger partial charge < -0.3 is 30.9 Å². The molecule has 120 valence electrons. The summed E-state index contributed by atoms with van der Waals surface area (Å²) in [6.07, 6.45) is -2.55. The Kier molecular flexibility index (Phi) is 5.47. The predicted molar refractivity (Wildman–Crippen MR) is 69.8 cm³/mol. The fourth-order valence-electron chi connectivity index (χ4n) is 1.92. The maximum atomic E-state index is 11.9. The summed E-state index contributed by atoms with van der Waals surface area (Å²) >= 11 is 0. The minimum atomic E-state index is -2.11. The van der Waals surface area contributed by atoms with Gasteiger partial charge in [-0.2, -0.15) is 9.56 Å². The number of nitrogens with one attached hydrogen (secondary N) is 1. The molecule has 0 radical (unpaired) electrons. The molecule has 2 aliphatic rings. The predicted octanol–water partition coefficient (Wildman–Crippen LogP) is -1.16. The van der Waals surface area contributed by atoms with Crippen LogP contribution in [0, 0.1) is 0 Å². The molecule has 11 heteroatoms. The Hall–Kier alpha value is -0.840. The first-order valence-corrected chi connectivity index (χ1v) is 7.59. The lowest BCUT2D eigenvalue weighted by Crippen LogP contribution is -2.56. The second-order valence-electron chi connectivity index (χ2n) is 4.63. The van der Waals surface area contributed by atoms with Gasteiger partial charge in [-0.05, 0) is 12.5 Å². The lowest BCUT2D eigenvalue weighted by atomic mass is 10.2. The summed E-state index contributed by atoms with van der Waals surface area (Å²) in [6.45, 7) is 1.73. The molecule has 1 fully saturated rings. The number of hydrogen-bond donors (Lipinski definition) is 5. The zero-order valence-corrected chi connectivity index (χ0v) is 12.1.